The zero-order valence-corrected chi connectivity index (χ0v) is 13.8. The molecule has 24 heavy (non-hydrogen) atoms. The first-order valence-electron chi connectivity index (χ1n) is 8.13. The Labute approximate surface area is 141 Å². The summed E-state index contributed by atoms with van der Waals surface area (Å²) in [6.45, 7) is 1.61. The number of rotatable bonds is 7. The van der Waals surface area contributed by atoms with Crippen molar-refractivity contribution in [2.45, 2.75) is 25.8 Å². The molecule has 0 saturated heterocycles. The summed E-state index contributed by atoms with van der Waals surface area (Å²) in [7, 11) is 2.00. The lowest BCUT2D eigenvalue weighted by atomic mass is 10.2. The van der Waals surface area contributed by atoms with E-state index in [0.29, 0.717) is 18.9 Å². The summed E-state index contributed by atoms with van der Waals surface area (Å²) in [6.07, 6.45) is -0.540. The van der Waals surface area contributed by atoms with Crippen molar-refractivity contribution in [3.63, 3.8) is 0 Å². The van der Waals surface area contributed by atoms with Crippen LogP contribution in [0.2, 0.25) is 0 Å². The van der Waals surface area contributed by atoms with Gasteiger partial charge in [0.25, 0.3) is 0 Å². The fraction of sp³-hybridized carbons (Fsp3) is 0.316. The molecule has 2 aromatic carbocycles. The van der Waals surface area contributed by atoms with E-state index in [4.69, 9.17) is 0 Å². The molecule has 0 aliphatic rings. The Morgan fingerprint density at radius 3 is 2.54 bits per heavy atom. The van der Waals surface area contributed by atoms with Gasteiger partial charge in [-0.05, 0) is 24.7 Å². The van der Waals surface area contributed by atoms with Gasteiger partial charge in [-0.3, -0.25) is 4.90 Å². The second kappa shape index (κ2) is 7.57. The monoisotopic (exact) mass is 325 g/mol. The van der Waals surface area contributed by atoms with Crippen molar-refractivity contribution in [3.8, 4) is 0 Å². The average Bonchev–Trinajstić information content (AvgIpc) is 2.93. The lowest BCUT2D eigenvalue weighted by Crippen LogP contribution is -2.32. The van der Waals surface area contributed by atoms with Gasteiger partial charge in [-0.25, -0.2) is 4.98 Å². The normalized spacial score (nSPS) is 12.8. The zero-order valence-electron chi connectivity index (χ0n) is 13.8. The molecule has 1 unspecified atom stereocenters. The molecule has 0 aliphatic heterocycles. The number of fused-ring (bicyclic) bond motifs is 1. The number of aromatic nitrogens is 2. The van der Waals surface area contributed by atoms with E-state index in [1.54, 1.807) is 0 Å². The zero-order chi connectivity index (χ0) is 16.9. The summed E-state index contributed by atoms with van der Waals surface area (Å²) in [5.41, 5.74) is 2.99. The third kappa shape index (κ3) is 3.82. The van der Waals surface area contributed by atoms with Crippen LogP contribution in [-0.4, -0.2) is 44.4 Å². The van der Waals surface area contributed by atoms with Crippen LogP contribution in [0.25, 0.3) is 11.0 Å². The molecule has 126 valence electrons. The van der Waals surface area contributed by atoms with Crippen LogP contribution in [-0.2, 0) is 19.7 Å². The van der Waals surface area contributed by atoms with Crippen molar-refractivity contribution in [1.82, 2.24) is 14.5 Å². The fourth-order valence-electron chi connectivity index (χ4n) is 3.04. The number of aliphatic hydroxyl groups is 2. The van der Waals surface area contributed by atoms with Gasteiger partial charge in [0.05, 0.1) is 23.7 Å². The van der Waals surface area contributed by atoms with Gasteiger partial charge in [0.1, 0.15) is 12.4 Å². The number of hydrogen-bond donors (Lipinski definition) is 2. The predicted octanol–water partition coefficient (Wildman–Crippen LogP) is 2.02. The minimum absolute atomic E-state index is 0.138. The number of nitrogens with zero attached hydrogens (tertiary/aromatic N) is 3. The highest BCUT2D eigenvalue weighted by Crippen LogP contribution is 2.17. The van der Waals surface area contributed by atoms with Crippen molar-refractivity contribution in [1.29, 1.82) is 0 Å². The molecular weight excluding hydrogens is 302 g/mol. The molecule has 1 aromatic heterocycles. The quantitative estimate of drug-likeness (QED) is 0.698. The molecule has 2 N–H and O–H groups in total. The number of para-hydroxylation sites is 2. The van der Waals surface area contributed by atoms with Crippen LogP contribution in [0.5, 0.6) is 0 Å². The fourth-order valence-corrected chi connectivity index (χ4v) is 3.04. The van der Waals surface area contributed by atoms with Crippen molar-refractivity contribution in [2.24, 2.45) is 0 Å². The first-order valence-corrected chi connectivity index (χ1v) is 8.13. The lowest BCUT2D eigenvalue weighted by molar-refractivity contribution is 0.106. The first-order chi connectivity index (χ1) is 11.7. The van der Waals surface area contributed by atoms with Crippen LogP contribution in [0.1, 0.15) is 11.4 Å². The highest BCUT2D eigenvalue weighted by atomic mass is 16.3. The van der Waals surface area contributed by atoms with Gasteiger partial charge < -0.3 is 14.8 Å². The summed E-state index contributed by atoms with van der Waals surface area (Å²) in [5.74, 6) is 0.584. The highest BCUT2D eigenvalue weighted by Gasteiger charge is 2.15. The third-order valence-electron chi connectivity index (χ3n) is 4.09. The van der Waals surface area contributed by atoms with Crippen LogP contribution in [0.4, 0.5) is 0 Å². The molecule has 5 nitrogen and oxygen atoms in total. The Balaban J connectivity index is 1.67. The minimum atomic E-state index is -0.540. The SMILES string of the molecule is CN(Cc1ccccc1)CC(O)Cn1c(CO)nc2ccccc21. The first kappa shape index (κ1) is 16.6. The lowest BCUT2D eigenvalue weighted by Gasteiger charge is -2.21. The number of hydrogen-bond acceptors (Lipinski definition) is 4. The molecule has 0 saturated carbocycles. The molecule has 0 spiro atoms. The van der Waals surface area contributed by atoms with Crippen molar-refractivity contribution in [2.75, 3.05) is 13.6 Å². The molecule has 1 atom stereocenters. The summed E-state index contributed by atoms with van der Waals surface area (Å²) in [5, 5.41) is 20.0. The van der Waals surface area contributed by atoms with Gasteiger partial charge in [0, 0.05) is 13.1 Å². The van der Waals surface area contributed by atoms with E-state index < -0.39 is 6.10 Å². The molecule has 0 aliphatic carbocycles. The second-order valence-electron chi connectivity index (χ2n) is 6.12. The topological polar surface area (TPSA) is 61.5 Å². The molecule has 5 heteroatoms. The van der Waals surface area contributed by atoms with Gasteiger partial charge in [-0.2, -0.15) is 0 Å². The van der Waals surface area contributed by atoms with Crippen LogP contribution in [0.3, 0.4) is 0 Å². The number of aliphatic hydroxyl groups excluding tert-OH is 2. The smallest absolute Gasteiger partial charge is 0.135 e. The summed E-state index contributed by atoms with van der Waals surface area (Å²) < 4.78 is 1.90. The van der Waals surface area contributed by atoms with Gasteiger partial charge in [0.2, 0.25) is 0 Å². The molecular formula is C19H23N3O2. The maximum absolute atomic E-state index is 10.5. The molecule has 3 rings (SSSR count). The highest BCUT2D eigenvalue weighted by molar-refractivity contribution is 5.75. The Bertz CT molecular complexity index is 786. The maximum Gasteiger partial charge on any atom is 0.135 e. The standard InChI is InChI=1S/C19H23N3O2/c1-21(11-15-7-3-2-4-8-15)12-16(24)13-22-18-10-6-5-9-17(18)20-19(22)14-23/h2-10,16,23-24H,11-14H2,1H3. The van der Waals surface area contributed by atoms with E-state index >= 15 is 0 Å². The van der Waals surface area contributed by atoms with Gasteiger partial charge in [0.15, 0.2) is 0 Å². The van der Waals surface area contributed by atoms with Gasteiger partial charge in [-0.1, -0.05) is 42.5 Å². The summed E-state index contributed by atoms with van der Waals surface area (Å²) >= 11 is 0. The Morgan fingerprint density at radius 1 is 1.08 bits per heavy atom. The minimum Gasteiger partial charge on any atom is -0.390 e. The summed E-state index contributed by atoms with van der Waals surface area (Å²) in [4.78, 5) is 6.51. The van der Waals surface area contributed by atoms with Gasteiger partial charge in [-0.15, -0.1) is 0 Å². The summed E-state index contributed by atoms with van der Waals surface area (Å²) in [6, 6.07) is 17.9. The molecule has 0 radical (unpaired) electrons. The largest absolute Gasteiger partial charge is 0.390 e. The average molecular weight is 325 g/mol. The van der Waals surface area contributed by atoms with E-state index in [-0.39, 0.29) is 6.61 Å². The van der Waals surface area contributed by atoms with Crippen LogP contribution in [0.15, 0.2) is 54.6 Å². The predicted molar refractivity (Wildman–Crippen MR) is 94.4 cm³/mol. The number of benzene rings is 2. The van der Waals surface area contributed by atoms with Crippen molar-refractivity contribution >= 4 is 11.0 Å². The van der Waals surface area contributed by atoms with E-state index in [1.165, 1.54) is 5.56 Å². The van der Waals surface area contributed by atoms with Crippen LogP contribution < -0.4 is 0 Å². The molecule has 0 fully saturated rings. The van der Waals surface area contributed by atoms with Crippen molar-refractivity contribution in [3.05, 3.63) is 66.0 Å². The second-order valence-corrected chi connectivity index (χ2v) is 6.12. The van der Waals surface area contributed by atoms with Gasteiger partial charge >= 0.3 is 0 Å². The van der Waals surface area contributed by atoms with E-state index in [0.717, 1.165) is 17.6 Å². The number of imidazole rings is 1. The Kier molecular flexibility index (Phi) is 5.25. The Hall–Kier alpha value is -2.21. The van der Waals surface area contributed by atoms with E-state index in [2.05, 4.69) is 22.0 Å². The van der Waals surface area contributed by atoms with E-state index in [1.807, 2.05) is 54.1 Å². The molecule has 0 bridgehead atoms. The third-order valence-corrected chi connectivity index (χ3v) is 4.09. The van der Waals surface area contributed by atoms with E-state index in [9.17, 15) is 10.2 Å². The molecule has 1 heterocycles. The number of likely N-dealkylation sites (N-methyl/N-ethyl adjacent to an activating group) is 1. The van der Waals surface area contributed by atoms with Crippen LogP contribution >= 0.6 is 0 Å². The Morgan fingerprint density at radius 2 is 1.79 bits per heavy atom. The molecule has 3 aromatic rings. The van der Waals surface area contributed by atoms with Crippen LogP contribution in [0, 0.1) is 0 Å². The van der Waals surface area contributed by atoms with Crippen molar-refractivity contribution < 1.29 is 10.2 Å². The maximum atomic E-state index is 10.5. The molecule has 0 amide bonds.